The van der Waals surface area contributed by atoms with Crippen molar-refractivity contribution >= 4 is 0 Å². The minimum absolute atomic E-state index is 0.259. The van der Waals surface area contributed by atoms with E-state index in [9.17, 15) is 0 Å². The van der Waals surface area contributed by atoms with Crippen LogP contribution in [0.3, 0.4) is 0 Å². The second-order valence-corrected chi connectivity index (χ2v) is 4.98. The van der Waals surface area contributed by atoms with Crippen molar-refractivity contribution in [3.05, 3.63) is 17.7 Å². The fourth-order valence-corrected chi connectivity index (χ4v) is 2.03. The van der Waals surface area contributed by atoms with E-state index in [0.29, 0.717) is 11.9 Å². The highest BCUT2D eigenvalue weighted by Gasteiger charge is 2.19. The smallest absolute Gasteiger partial charge is 0.231 e. The van der Waals surface area contributed by atoms with Crippen LogP contribution in [-0.4, -0.2) is 33.2 Å². The van der Waals surface area contributed by atoms with Crippen LogP contribution in [0.5, 0.6) is 17.2 Å². The predicted octanol–water partition coefficient (Wildman–Crippen LogP) is 2.33. The lowest BCUT2D eigenvalue weighted by atomic mass is 10.2. The average Bonchev–Trinajstić information content (AvgIpc) is 2.89. The van der Waals surface area contributed by atoms with Crippen LogP contribution in [0.1, 0.15) is 25.8 Å². The first kappa shape index (κ1) is 14.9. The molecule has 1 aliphatic heterocycles. The van der Waals surface area contributed by atoms with Gasteiger partial charge < -0.3 is 24.3 Å². The zero-order valence-corrected chi connectivity index (χ0v) is 12.4. The monoisotopic (exact) mass is 281 g/mol. The van der Waals surface area contributed by atoms with Gasteiger partial charge in [-0.1, -0.05) is 0 Å². The first-order chi connectivity index (χ1) is 9.70. The molecule has 0 aliphatic carbocycles. The third kappa shape index (κ3) is 4.02. The summed E-state index contributed by atoms with van der Waals surface area (Å²) in [5.74, 6) is 2.17. The summed E-state index contributed by atoms with van der Waals surface area (Å²) in [6, 6.07) is 3.97. The van der Waals surface area contributed by atoms with Crippen LogP contribution in [-0.2, 0) is 11.3 Å². The van der Waals surface area contributed by atoms with E-state index in [0.717, 1.165) is 43.2 Å². The molecule has 0 spiro atoms. The summed E-state index contributed by atoms with van der Waals surface area (Å²) in [5.41, 5.74) is 1.12. The van der Waals surface area contributed by atoms with E-state index in [1.807, 2.05) is 26.0 Å². The van der Waals surface area contributed by atoms with E-state index >= 15 is 0 Å². The zero-order valence-electron chi connectivity index (χ0n) is 12.4. The maximum absolute atomic E-state index is 5.49. The first-order valence-corrected chi connectivity index (χ1v) is 6.99. The van der Waals surface area contributed by atoms with Gasteiger partial charge in [-0.15, -0.1) is 0 Å². The Hall–Kier alpha value is -1.46. The Kier molecular flexibility index (Phi) is 5.49. The van der Waals surface area contributed by atoms with Crippen LogP contribution >= 0.6 is 0 Å². The summed E-state index contributed by atoms with van der Waals surface area (Å²) >= 11 is 0. The Balaban J connectivity index is 1.79. The lowest BCUT2D eigenvalue weighted by molar-refractivity contribution is 0.0770. The SMILES string of the molecule is COc1cc(CNCCCOC(C)C)cc2c1OCO2. The Morgan fingerprint density at radius 3 is 2.90 bits per heavy atom. The highest BCUT2D eigenvalue weighted by atomic mass is 16.7. The number of ether oxygens (including phenoxy) is 4. The number of methoxy groups -OCH3 is 1. The largest absolute Gasteiger partial charge is 0.493 e. The molecule has 5 nitrogen and oxygen atoms in total. The van der Waals surface area contributed by atoms with Crippen molar-refractivity contribution in [2.24, 2.45) is 0 Å². The lowest BCUT2D eigenvalue weighted by Gasteiger charge is -2.10. The molecule has 1 aromatic rings. The average molecular weight is 281 g/mol. The van der Waals surface area contributed by atoms with Crippen LogP contribution in [0.15, 0.2) is 12.1 Å². The summed E-state index contributed by atoms with van der Waals surface area (Å²) < 4.78 is 21.6. The van der Waals surface area contributed by atoms with Gasteiger partial charge in [-0.05, 0) is 44.5 Å². The molecule has 0 aromatic heterocycles. The molecule has 1 aromatic carbocycles. The standard InChI is InChI=1S/C15H23NO4/c1-11(2)18-6-4-5-16-9-12-7-13(17-3)15-14(8-12)19-10-20-15/h7-8,11,16H,4-6,9-10H2,1-3H3. The van der Waals surface area contributed by atoms with Crippen LogP contribution in [0.2, 0.25) is 0 Å². The van der Waals surface area contributed by atoms with Gasteiger partial charge in [0.15, 0.2) is 11.5 Å². The fourth-order valence-electron chi connectivity index (χ4n) is 2.03. The second kappa shape index (κ2) is 7.36. The lowest BCUT2D eigenvalue weighted by Crippen LogP contribution is -2.17. The van der Waals surface area contributed by atoms with Gasteiger partial charge >= 0.3 is 0 Å². The quantitative estimate of drug-likeness (QED) is 0.741. The molecule has 5 heteroatoms. The van der Waals surface area contributed by atoms with E-state index < -0.39 is 0 Å². The Labute approximate surface area is 120 Å². The van der Waals surface area contributed by atoms with Crippen LogP contribution in [0, 0.1) is 0 Å². The van der Waals surface area contributed by atoms with Crippen molar-refractivity contribution < 1.29 is 18.9 Å². The summed E-state index contributed by atoms with van der Waals surface area (Å²) in [4.78, 5) is 0. The molecule has 0 saturated carbocycles. The van der Waals surface area contributed by atoms with E-state index in [1.165, 1.54) is 0 Å². The molecule has 0 amide bonds. The van der Waals surface area contributed by atoms with E-state index in [-0.39, 0.29) is 6.79 Å². The third-order valence-electron chi connectivity index (χ3n) is 3.00. The summed E-state index contributed by atoms with van der Waals surface area (Å²) in [5, 5.41) is 3.39. The van der Waals surface area contributed by atoms with E-state index in [1.54, 1.807) is 7.11 Å². The number of hydrogen-bond acceptors (Lipinski definition) is 5. The number of rotatable bonds is 8. The molecule has 0 atom stereocenters. The predicted molar refractivity (Wildman–Crippen MR) is 76.5 cm³/mol. The summed E-state index contributed by atoms with van der Waals surface area (Å²) in [6.07, 6.45) is 1.30. The van der Waals surface area contributed by atoms with Crippen molar-refractivity contribution in [3.8, 4) is 17.2 Å². The maximum atomic E-state index is 5.49. The molecule has 2 rings (SSSR count). The van der Waals surface area contributed by atoms with Crippen molar-refractivity contribution in [1.29, 1.82) is 0 Å². The Morgan fingerprint density at radius 2 is 2.15 bits per heavy atom. The molecule has 0 radical (unpaired) electrons. The number of hydrogen-bond donors (Lipinski definition) is 1. The van der Waals surface area contributed by atoms with Gasteiger partial charge in [0.1, 0.15) is 0 Å². The molecular weight excluding hydrogens is 258 g/mol. The fraction of sp³-hybridized carbons (Fsp3) is 0.600. The van der Waals surface area contributed by atoms with E-state index in [4.69, 9.17) is 18.9 Å². The van der Waals surface area contributed by atoms with Crippen LogP contribution in [0.25, 0.3) is 0 Å². The molecule has 0 saturated heterocycles. The molecule has 112 valence electrons. The molecule has 1 heterocycles. The molecule has 0 unspecified atom stereocenters. The van der Waals surface area contributed by atoms with Crippen molar-refractivity contribution in [1.82, 2.24) is 5.32 Å². The van der Waals surface area contributed by atoms with Gasteiger partial charge in [0.05, 0.1) is 13.2 Å². The normalized spacial score (nSPS) is 13.0. The van der Waals surface area contributed by atoms with Crippen LogP contribution < -0.4 is 19.5 Å². The summed E-state index contributed by atoms with van der Waals surface area (Å²) in [7, 11) is 1.64. The minimum Gasteiger partial charge on any atom is -0.493 e. The van der Waals surface area contributed by atoms with Crippen molar-refractivity contribution in [3.63, 3.8) is 0 Å². The van der Waals surface area contributed by atoms with Gasteiger partial charge in [-0.25, -0.2) is 0 Å². The second-order valence-electron chi connectivity index (χ2n) is 4.98. The van der Waals surface area contributed by atoms with Crippen molar-refractivity contribution in [2.45, 2.75) is 32.9 Å². The molecule has 0 bridgehead atoms. The van der Waals surface area contributed by atoms with Gasteiger partial charge in [0.25, 0.3) is 0 Å². The first-order valence-electron chi connectivity index (χ1n) is 6.99. The zero-order chi connectivity index (χ0) is 14.4. The maximum Gasteiger partial charge on any atom is 0.231 e. The van der Waals surface area contributed by atoms with Gasteiger partial charge in [-0.2, -0.15) is 0 Å². The topological polar surface area (TPSA) is 49.0 Å². The van der Waals surface area contributed by atoms with Crippen LogP contribution in [0.4, 0.5) is 0 Å². The summed E-state index contributed by atoms with van der Waals surface area (Å²) in [6.45, 7) is 6.83. The molecule has 0 fully saturated rings. The highest BCUT2D eigenvalue weighted by molar-refractivity contribution is 5.55. The molecular formula is C15H23NO4. The molecule has 1 N–H and O–H groups in total. The van der Waals surface area contributed by atoms with Gasteiger partial charge in [-0.3, -0.25) is 0 Å². The number of nitrogens with one attached hydrogen (secondary N) is 1. The van der Waals surface area contributed by atoms with Gasteiger partial charge in [0, 0.05) is 13.2 Å². The Bertz CT molecular complexity index is 434. The van der Waals surface area contributed by atoms with Gasteiger partial charge in [0.2, 0.25) is 12.5 Å². The Morgan fingerprint density at radius 1 is 1.30 bits per heavy atom. The molecule has 1 aliphatic rings. The number of benzene rings is 1. The highest BCUT2D eigenvalue weighted by Crippen LogP contribution is 2.41. The number of fused-ring (bicyclic) bond motifs is 1. The van der Waals surface area contributed by atoms with E-state index in [2.05, 4.69) is 5.32 Å². The third-order valence-corrected chi connectivity index (χ3v) is 3.00. The molecule has 20 heavy (non-hydrogen) atoms. The van der Waals surface area contributed by atoms with Crippen molar-refractivity contribution in [2.75, 3.05) is 27.1 Å². The minimum atomic E-state index is 0.259.